The molecule has 0 saturated carbocycles. The molecule has 1 aliphatic heterocycles. The maximum Gasteiger partial charge on any atom is 0.228 e. The molecule has 0 spiro atoms. The molecular weight excluding hydrogens is 294 g/mol. The number of carbonyl (C=O) groups is 2. The van der Waals surface area contributed by atoms with E-state index in [1.807, 2.05) is 0 Å². The van der Waals surface area contributed by atoms with Crippen LogP contribution in [0, 0.1) is 17.6 Å². The van der Waals surface area contributed by atoms with E-state index in [0.717, 1.165) is 17.0 Å². The quantitative estimate of drug-likeness (QED) is 0.809. The number of carbonyl (C=O) groups excluding carboxylic acids is 2. The van der Waals surface area contributed by atoms with E-state index < -0.39 is 23.5 Å². The van der Waals surface area contributed by atoms with Gasteiger partial charge in [0, 0.05) is 33.2 Å². The summed E-state index contributed by atoms with van der Waals surface area (Å²) in [5.74, 6) is -2.97. The van der Waals surface area contributed by atoms with Crippen LogP contribution in [0.5, 0.6) is 0 Å². The first-order valence-electron chi connectivity index (χ1n) is 7.05. The number of rotatable bonds is 6. The largest absolute Gasteiger partial charge is 0.385 e. The van der Waals surface area contributed by atoms with Crippen LogP contribution in [-0.2, 0) is 14.3 Å². The molecule has 0 radical (unpaired) electrons. The monoisotopic (exact) mass is 312 g/mol. The molecule has 2 rings (SSSR count). The molecule has 0 aromatic heterocycles. The van der Waals surface area contributed by atoms with Crippen LogP contribution in [-0.4, -0.2) is 38.6 Å². The standard InChI is InChI=1S/C15H18F2N2O3/c1-22-7-3-6-18-15(21)10-8-13(20)19(9-10)14-11(16)4-2-5-12(14)17/h2,4-5,10H,3,6-9H2,1H3,(H,18,21). The van der Waals surface area contributed by atoms with Crippen molar-refractivity contribution < 1.29 is 23.1 Å². The highest BCUT2D eigenvalue weighted by Gasteiger charge is 2.37. The number of ether oxygens (including phenoxy) is 1. The number of nitrogens with one attached hydrogen (secondary N) is 1. The zero-order valence-corrected chi connectivity index (χ0v) is 12.3. The lowest BCUT2D eigenvalue weighted by Gasteiger charge is -2.18. The third-order valence-corrected chi connectivity index (χ3v) is 3.53. The van der Waals surface area contributed by atoms with E-state index in [1.165, 1.54) is 6.07 Å². The smallest absolute Gasteiger partial charge is 0.228 e. The van der Waals surface area contributed by atoms with E-state index in [4.69, 9.17) is 4.74 Å². The lowest BCUT2D eigenvalue weighted by atomic mass is 10.1. The zero-order chi connectivity index (χ0) is 16.1. The number of benzene rings is 1. The minimum Gasteiger partial charge on any atom is -0.385 e. The fourth-order valence-electron chi connectivity index (χ4n) is 2.42. The summed E-state index contributed by atoms with van der Waals surface area (Å²) in [7, 11) is 1.57. The fourth-order valence-corrected chi connectivity index (χ4v) is 2.42. The van der Waals surface area contributed by atoms with Crippen LogP contribution < -0.4 is 10.2 Å². The normalized spacial score (nSPS) is 17.9. The minimum absolute atomic E-state index is 0.0210. The lowest BCUT2D eigenvalue weighted by Crippen LogP contribution is -2.34. The Bertz CT molecular complexity index is 545. The predicted molar refractivity (Wildman–Crippen MR) is 76.3 cm³/mol. The van der Waals surface area contributed by atoms with Crippen molar-refractivity contribution in [3.63, 3.8) is 0 Å². The van der Waals surface area contributed by atoms with E-state index in [2.05, 4.69) is 5.32 Å². The summed E-state index contributed by atoms with van der Waals surface area (Å²) in [5.41, 5.74) is -0.387. The molecule has 1 atom stereocenters. The molecule has 1 aromatic rings. The minimum atomic E-state index is -0.811. The lowest BCUT2D eigenvalue weighted by molar-refractivity contribution is -0.126. The van der Waals surface area contributed by atoms with Gasteiger partial charge in [0.05, 0.1) is 5.92 Å². The Morgan fingerprint density at radius 2 is 2.09 bits per heavy atom. The average Bonchev–Trinajstić information content (AvgIpc) is 2.85. The second-order valence-corrected chi connectivity index (χ2v) is 5.11. The molecule has 7 heteroatoms. The van der Waals surface area contributed by atoms with Crippen LogP contribution >= 0.6 is 0 Å². The number of anilines is 1. The van der Waals surface area contributed by atoms with Gasteiger partial charge in [0.15, 0.2) is 0 Å². The number of hydrogen-bond acceptors (Lipinski definition) is 3. The van der Waals surface area contributed by atoms with Gasteiger partial charge in [-0.05, 0) is 18.6 Å². The van der Waals surface area contributed by atoms with Gasteiger partial charge in [-0.3, -0.25) is 9.59 Å². The molecule has 1 aromatic carbocycles. The maximum atomic E-state index is 13.7. The summed E-state index contributed by atoms with van der Waals surface area (Å²) >= 11 is 0. The number of para-hydroxylation sites is 1. The maximum absolute atomic E-state index is 13.7. The molecule has 0 aliphatic carbocycles. The summed E-state index contributed by atoms with van der Waals surface area (Å²) < 4.78 is 32.4. The van der Waals surface area contributed by atoms with Crippen molar-refractivity contribution in [3.05, 3.63) is 29.8 Å². The second-order valence-electron chi connectivity index (χ2n) is 5.11. The van der Waals surface area contributed by atoms with Gasteiger partial charge < -0.3 is 15.0 Å². The Hall–Kier alpha value is -2.02. The van der Waals surface area contributed by atoms with Crippen LogP contribution in [0.1, 0.15) is 12.8 Å². The fraction of sp³-hybridized carbons (Fsp3) is 0.467. The molecular formula is C15H18F2N2O3. The molecule has 1 saturated heterocycles. The molecule has 120 valence electrons. The van der Waals surface area contributed by atoms with Gasteiger partial charge in [-0.15, -0.1) is 0 Å². The Labute approximate surface area is 127 Å². The zero-order valence-electron chi connectivity index (χ0n) is 12.3. The van der Waals surface area contributed by atoms with Gasteiger partial charge in [-0.25, -0.2) is 8.78 Å². The Balaban J connectivity index is 2.00. The highest BCUT2D eigenvalue weighted by Crippen LogP contribution is 2.29. The third kappa shape index (κ3) is 3.59. The van der Waals surface area contributed by atoms with Crippen LogP contribution in [0.4, 0.5) is 14.5 Å². The van der Waals surface area contributed by atoms with Crippen molar-refractivity contribution in [2.24, 2.45) is 5.92 Å². The van der Waals surface area contributed by atoms with Crippen LogP contribution in [0.15, 0.2) is 18.2 Å². The topological polar surface area (TPSA) is 58.6 Å². The first-order valence-corrected chi connectivity index (χ1v) is 7.05. The SMILES string of the molecule is COCCCNC(=O)C1CC(=O)N(c2c(F)cccc2F)C1. The molecule has 1 aliphatic rings. The highest BCUT2D eigenvalue weighted by molar-refractivity contribution is 6.00. The number of halogens is 2. The molecule has 1 unspecified atom stereocenters. The highest BCUT2D eigenvalue weighted by atomic mass is 19.1. The average molecular weight is 312 g/mol. The molecule has 0 bridgehead atoms. The molecule has 5 nitrogen and oxygen atoms in total. The van der Waals surface area contributed by atoms with Crippen molar-refractivity contribution in [2.45, 2.75) is 12.8 Å². The van der Waals surface area contributed by atoms with Crippen molar-refractivity contribution in [1.29, 1.82) is 0 Å². The van der Waals surface area contributed by atoms with Crippen molar-refractivity contribution in [3.8, 4) is 0 Å². The van der Waals surface area contributed by atoms with Crippen LogP contribution in [0.3, 0.4) is 0 Å². The van der Waals surface area contributed by atoms with Gasteiger partial charge in [-0.1, -0.05) is 6.07 Å². The van der Waals surface area contributed by atoms with E-state index in [1.54, 1.807) is 7.11 Å². The van der Waals surface area contributed by atoms with E-state index in [-0.39, 0.29) is 24.6 Å². The predicted octanol–water partition coefficient (Wildman–Crippen LogP) is 1.47. The summed E-state index contributed by atoms with van der Waals surface area (Å²) in [6, 6.07) is 3.41. The van der Waals surface area contributed by atoms with Crippen LogP contribution in [0.25, 0.3) is 0 Å². The summed E-state index contributed by atoms with van der Waals surface area (Å²) in [5, 5.41) is 2.70. The van der Waals surface area contributed by atoms with E-state index >= 15 is 0 Å². The number of amides is 2. The third-order valence-electron chi connectivity index (χ3n) is 3.53. The molecule has 1 heterocycles. The van der Waals surface area contributed by atoms with Crippen LogP contribution in [0.2, 0.25) is 0 Å². The summed E-state index contributed by atoms with van der Waals surface area (Å²) in [4.78, 5) is 24.9. The van der Waals surface area contributed by atoms with Crippen molar-refractivity contribution in [2.75, 3.05) is 31.7 Å². The molecule has 2 amide bonds. The summed E-state index contributed by atoms with van der Waals surface area (Å²) in [6.07, 6.45) is 0.610. The first-order chi connectivity index (χ1) is 10.5. The van der Waals surface area contributed by atoms with Gasteiger partial charge in [0.1, 0.15) is 17.3 Å². The molecule has 1 N–H and O–H groups in total. The summed E-state index contributed by atoms with van der Waals surface area (Å²) in [6.45, 7) is 0.939. The number of methoxy groups -OCH3 is 1. The second kappa shape index (κ2) is 7.31. The molecule has 1 fully saturated rings. The Morgan fingerprint density at radius 1 is 1.41 bits per heavy atom. The first kappa shape index (κ1) is 16.4. The number of nitrogens with zero attached hydrogens (tertiary/aromatic N) is 1. The number of hydrogen-bond donors (Lipinski definition) is 1. The Kier molecular flexibility index (Phi) is 5.43. The molecule has 22 heavy (non-hydrogen) atoms. The van der Waals surface area contributed by atoms with Gasteiger partial charge in [-0.2, -0.15) is 0 Å². The van der Waals surface area contributed by atoms with Gasteiger partial charge in [0.2, 0.25) is 11.8 Å². The van der Waals surface area contributed by atoms with Crippen molar-refractivity contribution in [1.82, 2.24) is 5.32 Å². The van der Waals surface area contributed by atoms with E-state index in [9.17, 15) is 18.4 Å². The van der Waals surface area contributed by atoms with Gasteiger partial charge >= 0.3 is 0 Å². The van der Waals surface area contributed by atoms with Gasteiger partial charge in [0.25, 0.3) is 0 Å². The van der Waals surface area contributed by atoms with E-state index in [0.29, 0.717) is 19.6 Å². The van der Waals surface area contributed by atoms with Crippen molar-refractivity contribution >= 4 is 17.5 Å². The Morgan fingerprint density at radius 3 is 2.73 bits per heavy atom.